The lowest BCUT2D eigenvalue weighted by Gasteiger charge is -2.15. The van der Waals surface area contributed by atoms with Crippen molar-refractivity contribution in [3.63, 3.8) is 0 Å². The van der Waals surface area contributed by atoms with Gasteiger partial charge in [0, 0.05) is 6.04 Å². The summed E-state index contributed by atoms with van der Waals surface area (Å²) >= 11 is 0. The lowest BCUT2D eigenvalue weighted by atomic mass is 10.1. The molecule has 0 aliphatic heterocycles. The fourth-order valence-electron chi connectivity index (χ4n) is 2.16. The summed E-state index contributed by atoms with van der Waals surface area (Å²) in [5.41, 5.74) is -0.755. The maximum absolute atomic E-state index is 13.3. The minimum atomic E-state index is -1.63. The summed E-state index contributed by atoms with van der Waals surface area (Å²) in [4.78, 5) is 2.50. The van der Waals surface area contributed by atoms with Crippen molar-refractivity contribution in [3.8, 4) is 0 Å². The highest BCUT2D eigenvalue weighted by Crippen LogP contribution is 2.30. The quantitative estimate of drug-likeness (QED) is 0.642. The number of nitrogens with zero attached hydrogens (tertiary/aromatic N) is 1. The van der Waals surface area contributed by atoms with Crippen LogP contribution in [0.15, 0.2) is 0 Å². The average molecular weight is 248 g/mol. The summed E-state index contributed by atoms with van der Waals surface area (Å²) in [7, 11) is 0. The second kappa shape index (κ2) is 4.50. The molecule has 1 saturated carbocycles. The van der Waals surface area contributed by atoms with Gasteiger partial charge in [0.05, 0.1) is 0 Å². The van der Waals surface area contributed by atoms with E-state index in [-0.39, 0.29) is 6.04 Å². The minimum Gasteiger partial charge on any atom is -0.377 e. The molecule has 0 spiro atoms. The number of anilines is 1. The third-order valence-corrected chi connectivity index (χ3v) is 3.04. The fraction of sp³-hybridized carbons (Fsp3) is 0.545. The molecular formula is C11H12F4N2. The summed E-state index contributed by atoms with van der Waals surface area (Å²) in [5.74, 6) is -5.75. The normalized spacial score (nSPS) is 24.1. The van der Waals surface area contributed by atoms with Gasteiger partial charge in [0.2, 0.25) is 11.6 Å². The van der Waals surface area contributed by atoms with Crippen molar-refractivity contribution in [1.82, 2.24) is 4.98 Å². The lowest BCUT2D eigenvalue weighted by Crippen LogP contribution is -2.19. The predicted molar refractivity (Wildman–Crippen MR) is 54.5 cm³/mol. The first-order chi connectivity index (χ1) is 7.99. The van der Waals surface area contributed by atoms with E-state index < -0.39 is 29.2 Å². The molecule has 2 nitrogen and oxygen atoms in total. The zero-order valence-corrected chi connectivity index (χ0v) is 9.24. The molecule has 1 aromatic heterocycles. The Kier molecular flexibility index (Phi) is 3.22. The summed E-state index contributed by atoms with van der Waals surface area (Å²) < 4.78 is 52.2. The van der Waals surface area contributed by atoms with E-state index in [0.29, 0.717) is 5.92 Å². The van der Waals surface area contributed by atoms with Crippen molar-refractivity contribution >= 4 is 5.69 Å². The highest BCUT2D eigenvalue weighted by molar-refractivity contribution is 5.46. The molecule has 1 aliphatic carbocycles. The van der Waals surface area contributed by atoms with Crippen LogP contribution in [0.25, 0.3) is 0 Å². The molecule has 0 amide bonds. The topological polar surface area (TPSA) is 24.9 Å². The number of halogens is 4. The first kappa shape index (κ1) is 12.1. The third kappa shape index (κ3) is 2.35. The first-order valence-corrected chi connectivity index (χ1v) is 5.45. The van der Waals surface area contributed by atoms with Crippen molar-refractivity contribution < 1.29 is 17.6 Å². The molecule has 2 atom stereocenters. The second-order valence-electron chi connectivity index (χ2n) is 4.46. The molecule has 17 heavy (non-hydrogen) atoms. The van der Waals surface area contributed by atoms with Crippen LogP contribution in [0.5, 0.6) is 0 Å². The highest BCUT2D eigenvalue weighted by atomic mass is 19.2. The molecule has 0 aromatic carbocycles. The number of aromatic nitrogens is 1. The van der Waals surface area contributed by atoms with Crippen LogP contribution < -0.4 is 5.32 Å². The summed E-state index contributed by atoms with van der Waals surface area (Å²) in [6.45, 7) is 2.02. The summed E-state index contributed by atoms with van der Waals surface area (Å²) in [6, 6.07) is -0.157. The van der Waals surface area contributed by atoms with Crippen LogP contribution in [0.1, 0.15) is 26.2 Å². The molecule has 1 aromatic rings. The third-order valence-electron chi connectivity index (χ3n) is 3.04. The van der Waals surface area contributed by atoms with Gasteiger partial charge in [-0.2, -0.15) is 22.5 Å². The van der Waals surface area contributed by atoms with Crippen LogP contribution in [0.4, 0.5) is 23.2 Å². The molecule has 2 rings (SSSR count). The molecule has 0 radical (unpaired) electrons. The Hall–Kier alpha value is -1.33. The number of pyridine rings is 1. The van der Waals surface area contributed by atoms with Gasteiger partial charge in [-0.3, -0.25) is 0 Å². The van der Waals surface area contributed by atoms with E-state index in [1.165, 1.54) is 0 Å². The molecule has 94 valence electrons. The van der Waals surface area contributed by atoms with Gasteiger partial charge in [-0.05, 0) is 25.2 Å². The number of nitrogens with one attached hydrogen (secondary N) is 1. The minimum absolute atomic E-state index is 0.157. The number of rotatable bonds is 2. The molecule has 2 unspecified atom stereocenters. The van der Waals surface area contributed by atoms with E-state index in [2.05, 4.69) is 10.3 Å². The van der Waals surface area contributed by atoms with Crippen LogP contribution in [-0.4, -0.2) is 11.0 Å². The van der Waals surface area contributed by atoms with Crippen molar-refractivity contribution in [3.05, 3.63) is 23.5 Å². The molecule has 1 N–H and O–H groups in total. The smallest absolute Gasteiger partial charge is 0.253 e. The highest BCUT2D eigenvalue weighted by Gasteiger charge is 2.26. The molecular weight excluding hydrogens is 236 g/mol. The SMILES string of the molecule is CC1CCC(Nc2c(F)c(F)nc(F)c2F)C1. The standard InChI is InChI=1S/C11H12F4N2/c1-5-2-3-6(4-5)16-9-7(12)10(14)17-11(15)8(9)13/h5-6H,2-4H2,1H3,(H,16,17). The summed E-state index contributed by atoms with van der Waals surface area (Å²) in [6.07, 6.45) is 2.38. The van der Waals surface area contributed by atoms with Gasteiger partial charge in [-0.15, -0.1) is 0 Å². The lowest BCUT2D eigenvalue weighted by molar-refractivity contribution is 0.409. The van der Waals surface area contributed by atoms with Crippen molar-refractivity contribution in [1.29, 1.82) is 0 Å². The first-order valence-electron chi connectivity index (χ1n) is 5.45. The van der Waals surface area contributed by atoms with Crippen molar-refractivity contribution in [2.24, 2.45) is 5.92 Å². The largest absolute Gasteiger partial charge is 0.377 e. The zero-order valence-electron chi connectivity index (χ0n) is 9.24. The van der Waals surface area contributed by atoms with Crippen LogP contribution in [-0.2, 0) is 0 Å². The molecule has 0 bridgehead atoms. The van der Waals surface area contributed by atoms with Crippen LogP contribution in [0, 0.1) is 29.4 Å². The van der Waals surface area contributed by atoms with Crippen molar-refractivity contribution in [2.45, 2.75) is 32.2 Å². The second-order valence-corrected chi connectivity index (χ2v) is 4.46. The van der Waals surface area contributed by atoms with Gasteiger partial charge >= 0.3 is 0 Å². The molecule has 1 heterocycles. The van der Waals surface area contributed by atoms with Gasteiger partial charge in [0.15, 0.2) is 0 Å². The van der Waals surface area contributed by atoms with E-state index in [1.54, 1.807) is 0 Å². The van der Waals surface area contributed by atoms with Gasteiger partial charge in [0.25, 0.3) is 11.9 Å². The van der Waals surface area contributed by atoms with Gasteiger partial charge in [-0.25, -0.2) is 0 Å². The van der Waals surface area contributed by atoms with Crippen LogP contribution in [0.2, 0.25) is 0 Å². The van der Waals surface area contributed by atoms with E-state index in [9.17, 15) is 17.6 Å². The van der Waals surface area contributed by atoms with E-state index in [4.69, 9.17) is 0 Å². The maximum atomic E-state index is 13.3. The fourth-order valence-corrected chi connectivity index (χ4v) is 2.16. The molecule has 0 saturated heterocycles. The zero-order chi connectivity index (χ0) is 12.6. The number of hydrogen-bond acceptors (Lipinski definition) is 2. The predicted octanol–water partition coefficient (Wildman–Crippen LogP) is 3.24. The van der Waals surface area contributed by atoms with Crippen LogP contribution in [0.3, 0.4) is 0 Å². The monoisotopic (exact) mass is 248 g/mol. The Labute approximate surface area is 96.0 Å². The maximum Gasteiger partial charge on any atom is 0.253 e. The number of hydrogen-bond donors (Lipinski definition) is 1. The Morgan fingerprint density at radius 1 is 1.06 bits per heavy atom. The Morgan fingerprint density at radius 3 is 2.12 bits per heavy atom. The van der Waals surface area contributed by atoms with E-state index in [1.807, 2.05) is 6.92 Å². The van der Waals surface area contributed by atoms with Crippen molar-refractivity contribution in [2.75, 3.05) is 5.32 Å². The Bertz CT molecular complexity index is 410. The van der Waals surface area contributed by atoms with Gasteiger partial charge in [-0.1, -0.05) is 6.92 Å². The average Bonchev–Trinajstić information content (AvgIpc) is 2.68. The van der Waals surface area contributed by atoms with E-state index >= 15 is 0 Å². The Balaban J connectivity index is 2.26. The Morgan fingerprint density at radius 2 is 1.65 bits per heavy atom. The van der Waals surface area contributed by atoms with Gasteiger partial charge < -0.3 is 5.32 Å². The van der Waals surface area contributed by atoms with Crippen LogP contribution >= 0.6 is 0 Å². The summed E-state index contributed by atoms with van der Waals surface area (Å²) in [5, 5.41) is 2.52. The van der Waals surface area contributed by atoms with Gasteiger partial charge in [0.1, 0.15) is 5.69 Å². The molecule has 1 aliphatic rings. The molecule has 1 fully saturated rings. The van der Waals surface area contributed by atoms with E-state index in [0.717, 1.165) is 19.3 Å². The molecule has 6 heteroatoms.